The van der Waals surface area contributed by atoms with Gasteiger partial charge in [0, 0.05) is 35.9 Å². The molecule has 0 bridgehead atoms. The molecule has 0 radical (unpaired) electrons. The van der Waals surface area contributed by atoms with Crippen LogP contribution in [0.15, 0.2) is 52.8 Å². The standard InChI is InChI=1S/C20H20N4O4S.ClH/c1-13-4-9-18(28-3)17(10-13)22-20-23(2)16(12-29-20)11-19(25)21-14-5-7-15(8-6-14)24(26)27;/h4-10,12H,11H2,1-3H3,(H,21,25);1H/b22-20+;. The number of amides is 1. The monoisotopic (exact) mass is 448 g/mol. The Bertz CT molecular complexity index is 1120. The molecule has 0 unspecified atom stereocenters. The van der Waals surface area contributed by atoms with Gasteiger partial charge in [0.2, 0.25) is 5.91 Å². The third-order valence-corrected chi connectivity index (χ3v) is 5.24. The van der Waals surface area contributed by atoms with Crippen LogP contribution in [-0.4, -0.2) is 22.5 Å². The van der Waals surface area contributed by atoms with E-state index in [-0.39, 0.29) is 30.4 Å². The second kappa shape index (κ2) is 10.0. The lowest BCUT2D eigenvalue weighted by Crippen LogP contribution is -2.19. The van der Waals surface area contributed by atoms with E-state index in [1.807, 2.05) is 42.1 Å². The van der Waals surface area contributed by atoms with Crippen LogP contribution in [0.3, 0.4) is 0 Å². The van der Waals surface area contributed by atoms with Crippen LogP contribution in [0.1, 0.15) is 11.3 Å². The Hall–Kier alpha value is -3.17. The summed E-state index contributed by atoms with van der Waals surface area (Å²) in [7, 11) is 3.46. The van der Waals surface area contributed by atoms with E-state index in [0.717, 1.165) is 21.7 Å². The number of methoxy groups -OCH3 is 1. The topological polar surface area (TPSA) is 98.8 Å². The molecule has 30 heavy (non-hydrogen) atoms. The zero-order valence-electron chi connectivity index (χ0n) is 16.6. The van der Waals surface area contributed by atoms with E-state index < -0.39 is 4.92 Å². The molecule has 0 spiro atoms. The molecule has 0 saturated heterocycles. The second-order valence-electron chi connectivity index (χ2n) is 6.38. The van der Waals surface area contributed by atoms with Gasteiger partial charge in [-0.3, -0.25) is 14.9 Å². The highest BCUT2D eigenvalue weighted by atomic mass is 35.5. The van der Waals surface area contributed by atoms with Gasteiger partial charge in [-0.25, -0.2) is 4.99 Å². The molecule has 0 aliphatic heterocycles. The molecule has 3 aromatic rings. The Morgan fingerprint density at radius 2 is 1.97 bits per heavy atom. The summed E-state index contributed by atoms with van der Waals surface area (Å²) in [6.07, 6.45) is 0.157. The summed E-state index contributed by atoms with van der Waals surface area (Å²) < 4.78 is 7.23. The SMILES string of the molecule is COc1ccc(C)cc1/N=c1/scc(CC(=O)Nc2ccc([N+](=O)[O-])cc2)n1C.Cl. The zero-order chi connectivity index (χ0) is 21.0. The van der Waals surface area contributed by atoms with Gasteiger partial charge in [0.15, 0.2) is 4.80 Å². The first-order valence-corrected chi connectivity index (χ1v) is 9.62. The van der Waals surface area contributed by atoms with E-state index in [4.69, 9.17) is 4.74 Å². The fourth-order valence-electron chi connectivity index (χ4n) is 2.69. The van der Waals surface area contributed by atoms with Crippen molar-refractivity contribution in [1.29, 1.82) is 0 Å². The average molecular weight is 449 g/mol. The van der Waals surface area contributed by atoms with E-state index in [1.54, 1.807) is 7.11 Å². The first-order valence-electron chi connectivity index (χ1n) is 8.74. The highest BCUT2D eigenvalue weighted by Crippen LogP contribution is 2.27. The lowest BCUT2D eigenvalue weighted by molar-refractivity contribution is -0.384. The van der Waals surface area contributed by atoms with Crippen LogP contribution in [0, 0.1) is 17.0 Å². The molecule has 0 saturated carbocycles. The molecule has 0 aliphatic carbocycles. The van der Waals surface area contributed by atoms with Crippen molar-refractivity contribution in [1.82, 2.24) is 4.57 Å². The minimum absolute atomic E-state index is 0. The quantitative estimate of drug-likeness (QED) is 0.452. The normalized spacial score (nSPS) is 11.0. The maximum Gasteiger partial charge on any atom is 0.269 e. The number of thiazole rings is 1. The Balaban J connectivity index is 0.00000320. The van der Waals surface area contributed by atoms with E-state index >= 15 is 0 Å². The highest BCUT2D eigenvalue weighted by Gasteiger charge is 2.11. The molecule has 8 nitrogen and oxygen atoms in total. The molecule has 1 N–H and O–H groups in total. The van der Waals surface area contributed by atoms with E-state index in [9.17, 15) is 14.9 Å². The van der Waals surface area contributed by atoms with Gasteiger partial charge < -0.3 is 14.6 Å². The van der Waals surface area contributed by atoms with E-state index in [2.05, 4.69) is 10.3 Å². The van der Waals surface area contributed by atoms with Gasteiger partial charge in [0.25, 0.3) is 5.69 Å². The van der Waals surface area contributed by atoms with Gasteiger partial charge in [-0.05, 0) is 36.8 Å². The maximum absolute atomic E-state index is 12.4. The number of aryl methyl sites for hydroxylation is 1. The Kier molecular flexibility index (Phi) is 7.73. The van der Waals surface area contributed by atoms with E-state index in [0.29, 0.717) is 11.4 Å². The number of carbonyl (C=O) groups is 1. The van der Waals surface area contributed by atoms with Gasteiger partial charge in [0.1, 0.15) is 11.4 Å². The van der Waals surface area contributed by atoms with Crippen LogP contribution in [0.4, 0.5) is 17.1 Å². The number of nitro benzene ring substituents is 1. The first kappa shape index (κ1) is 23.1. The largest absolute Gasteiger partial charge is 0.494 e. The fraction of sp³-hybridized carbons (Fsp3) is 0.200. The van der Waals surface area contributed by atoms with Crippen molar-refractivity contribution in [3.05, 3.63) is 74.0 Å². The molecular weight excluding hydrogens is 428 g/mol. The summed E-state index contributed by atoms with van der Waals surface area (Å²) >= 11 is 1.44. The number of aromatic nitrogens is 1. The molecule has 0 aliphatic rings. The van der Waals surface area contributed by atoms with Gasteiger partial charge in [-0.2, -0.15) is 0 Å². The minimum Gasteiger partial charge on any atom is -0.494 e. The van der Waals surface area contributed by atoms with Crippen LogP contribution in [0.5, 0.6) is 5.75 Å². The van der Waals surface area contributed by atoms with Gasteiger partial charge in [0.05, 0.1) is 18.5 Å². The summed E-state index contributed by atoms with van der Waals surface area (Å²) in [6.45, 7) is 1.99. The van der Waals surface area contributed by atoms with Crippen molar-refractivity contribution in [3.63, 3.8) is 0 Å². The fourth-order valence-corrected chi connectivity index (χ4v) is 3.60. The number of benzene rings is 2. The lowest BCUT2D eigenvalue weighted by atomic mass is 10.2. The molecule has 0 fully saturated rings. The lowest BCUT2D eigenvalue weighted by Gasteiger charge is -2.06. The highest BCUT2D eigenvalue weighted by molar-refractivity contribution is 7.07. The van der Waals surface area contributed by atoms with Crippen LogP contribution < -0.4 is 14.9 Å². The molecule has 0 atom stereocenters. The molecule has 2 aromatic carbocycles. The molecule has 1 amide bonds. The molecule has 1 heterocycles. The number of anilines is 1. The van der Waals surface area contributed by atoms with Crippen molar-refractivity contribution in [2.45, 2.75) is 13.3 Å². The summed E-state index contributed by atoms with van der Waals surface area (Å²) in [4.78, 5) is 28.0. The Morgan fingerprint density at radius 3 is 2.60 bits per heavy atom. The molecule has 3 rings (SSSR count). The van der Waals surface area contributed by atoms with Gasteiger partial charge in [-0.1, -0.05) is 6.07 Å². The summed E-state index contributed by atoms with van der Waals surface area (Å²) in [6, 6.07) is 11.5. The van der Waals surface area contributed by atoms with Crippen LogP contribution >= 0.6 is 23.7 Å². The van der Waals surface area contributed by atoms with Crippen molar-refractivity contribution in [2.75, 3.05) is 12.4 Å². The minimum atomic E-state index is -0.481. The third-order valence-electron chi connectivity index (χ3n) is 4.27. The van der Waals surface area contributed by atoms with Crippen LogP contribution in [0.25, 0.3) is 0 Å². The molecule has 158 valence electrons. The second-order valence-corrected chi connectivity index (χ2v) is 7.22. The number of hydrogen-bond donors (Lipinski definition) is 1. The first-order chi connectivity index (χ1) is 13.9. The predicted molar refractivity (Wildman–Crippen MR) is 119 cm³/mol. The van der Waals surface area contributed by atoms with E-state index in [1.165, 1.54) is 35.6 Å². The molecular formula is C20H21ClN4O4S. The van der Waals surface area contributed by atoms with Crippen LogP contribution in [0.2, 0.25) is 0 Å². The molecule has 10 heteroatoms. The number of nitrogens with zero attached hydrogens (tertiary/aromatic N) is 3. The number of hydrogen-bond acceptors (Lipinski definition) is 6. The number of nitro groups is 1. The maximum atomic E-state index is 12.4. The Labute approximate surface area is 183 Å². The summed E-state index contributed by atoms with van der Waals surface area (Å²) in [5.74, 6) is 0.466. The van der Waals surface area contributed by atoms with Crippen molar-refractivity contribution < 1.29 is 14.5 Å². The smallest absolute Gasteiger partial charge is 0.269 e. The van der Waals surface area contributed by atoms with Crippen molar-refractivity contribution >= 4 is 46.7 Å². The Morgan fingerprint density at radius 1 is 1.27 bits per heavy atom. The number of halogens is 1. The number of ether oxygens (including phenoxy) is 1. The van der Waals surface area contributed by atoms with Crippen molar-refractivity contribution in [2.24, 2.45) is 12.0 Å². The average Bonchev–Trinajstić information content (AvgIpc) is 3.02. The van der Waals surface area contributed by atoms with Crippen LogP contribution in [-0.2, 0) is 18.3 Å². The summed E-state index contributed by atoms with van der Waals surface area (Å²) in [5, 5.41) is 15.3. The van der Waals surface area contributed by atoms with Gasteiger partial charge >= 0.3 is 0 Å². The van der Waals surface area contributed by atoms with Gasteiger partial charge in [-0.15, -0.1) is 23.7 Å². The third kappa shape index (κ3) is 5.46. The summed E-state index contributed by atoms with van der Waals surface area (Å²) in [5.41, 5.74) is 3.09. The zero-order valence-corrected chi connectivity index (χ0v) is 18.3. The van der Waals surface area contributed by atoms with Crippen molar-refractivity contribution in [3.8, 4) is 5.75 Å². The number of rotatable bonds is 6. The molecule has 1 aromatic heterocycles. The number of nitrogens with one attached hydrogen (secondary N) is 1. The predicted octanol–water partition coefficient (Wildman–Crippen LogP) is 4.15. The number of non-ortho nitro benzene ring substituents is 1. The number of carbonyl (C=O) groups excluding carboxylic acids is 1.